The molecule has 0 bridgehead atoms. The molecule has 2 aliphatic rings. The molecule has 3 rings (SSSR count). The van der Waals surface area contributed by atoms with Crippen LogP contribution in [0.1, 0.15) is 37.8 Å². The summed E-state index contributed by atoms with van der Waals surface area (Å²) >= 11 is 3.64. The molecule has 2 unspecified atom stereocenters. The maximum absolute atomic E-state index is 11.7. The number of halogens is 1. The number of benzene rings is 1. The van der Waals surface area contributed by atoms with Gasteiger partial charge in [0.25, 0.3) is 0 Å². The van der Waals surface area contributed by atoms with Gasteiger partial charge in [0.05, 0.1) is 5.69 Å². The molecule has 0 spiro atoms. The fraction of sp³-hybridized carbons (Fsp3) is 0.533. The van der Waals surface area contributed by atoms with E-state index in [1.807, 2.05) is 6.07 Å². The maximum Gasteiger partial charge on any atom is 0.245 e. The van der Waals surface area contributed by atoms with Crippen molar-refractivity contribution in [1.82, 2.24) is 0 Å². The van der Waals surface area contributed by atoms with E-state index >= 15 is 0 Å². The Balaban J connectivity index is 1.91. The third kappa shape index (κ3) is 2.44. The molecule has 2 heterocycles. The van der Waals surface area contributed by atoms with Crippen molar-refractivity contribution in [1.29, 1.82) is 0 Å². The van der Waals surface area contributed by atoms with Crippen molar-refractivity contribution in [2.24, 2.45) is 11.7 Å². The van der Waals surface area contributed by atoms with Gasteiger partial charge in [0.2, 0.25) is 5.91 Å². The first kappa shape index (κ1) is 13.9. The van der Waals surface area contributed by atoms with Crippen molar-refractivity contribution in [3.63, 3.8) is 0 Å². The second-order valence-electron chi connectivity index (χ2n) is 5.88. The van der Waals surface area contributed by atoms with Crippen LogP contribution in [-0.4, -0.2) is 19.0 Å². The third-order valence-electron chi connectivity index (χ3n) is 4.35. The van der Waals surface area contributed by atoms with Crippen molar-refractivity contribution in [3.05, 3.63) is 22.2 Å². The van der Waals surface area contributed by atoms with E-state index in [9.17, 15) is 4.79 Å². The lowest BCUT2D eigenvalue weighted by Crippen LogP contribution is -2.24. The molecule has 0 radical (unpaired) electrons. The van der Waals surface area contributed by atoms with Crippen LogP contribution in [0.3, 0.4) is 0 Å². The molecule has 1 fully saturated rings. The summed E-state index contributed by atoms with van der Waals surface area (Å²) in [5.41, 5.74) is 8.79. The zero-order valence-electron chi connectivity index (χ0n) is 11.7. The molecule has 0 aromatic heterocycles. The quantitative estimate of drug-likeness (QED) is 0.828. The molecule has 1 aromatic carbocycles. The van der Waals surface area contributed by atoms with Gasteiger partial charge in [-0.05, 0) is 53.2 Å². The van der Waals surface area contributed by atoms with Gasteiger partial charge in [0, 0.05) is 28.8 Å². The summed E-state index contributed by atoms with van der Waals surface area (Å²) in [7, 11) is 0. The second-order valence-corrected chi connectivity index (χ2v) is 6.74. The van der Waals surface area contributed by atoms with Gasteiger partial charge in [-0.3, -0.25) is 4.79 Å². The number of nitrogens with zero attached hydrogens (tertiary/aromatic N) is 1. The number of rotatable bonds is 1. The van der Waals surface area contributed by atoms with E-state index in [1.54, 1.807) is 0 Å². The van der Waals surface area contributed by atoms with Crippen LogP contribution in [0.4, 0.5) is 11.4 Å². The molecule has 3 N–H and O–H groups in total. The lowest BCUT2D eigenvalue weighted by atomic mass is 10.0. The molecule has 5 heteroatoms. The Bertz CT molecular complexity index is 546. The Morgan fingerprint density at radius 1 is 1.35 bits per heavy atom. The predicted octanol–water partition coefficient (Wildman–Crippen LogP) is 3.03. The molecular weight excluding hydrogens is 318 g/mol. The van der Waals surface area contributed by atoms with E-state index in [0.29, 0.717) is 0 Å². The number of nitrogens with two attached hydrogens (primary N) is 1. The molecule has 20 heavy (non-hydrogen) atoms. The number of amides is 1. The first-order valence-corrected chi connectivity index (χ1v) is 8.00. The zero-order chi connectivity index (χ0) is 14.3. The summed E-state index contributed by atoms with van der Waals surface area (Å²) in [5, 5.41) is 2.87. The minimum absolute atomic E-state index is 0.117. The van der Waals surface area contributed by atoms with E-state index in [0.717, 1.165) is 40.4 Å². The molecule has 2 atom stereocenters. The van der Waals surface area contributed by atoms with E-state index < -0.39 is 6.04 Å². The number of nitrogens with one attached hydrogen (secondary N) is 1. The van der Waals surface area contributed by atoms with Crippen molar-refractivity contribution >= 4 is 33.2 Å². The highest BCUT2D eigenvalue weighted by atomic mass is 79.9. The van der Waals surface area contributed by atoms with Crippen LogP contribution in [0.25, 0.3) is 0 Å². The van der Waals surface area contributed by atoms with E-state index in [-0.39, 0.29) is 5.91 Å². The Morgan fingerprint density at radius 2 is 2.15 bits per heavy atom. The van der Waals surface area contributed by atoms with Gasteiger partial charge in [0.1, 0.15) is 6.04 Å². The summed E-state index contributed by atoms with van der Waals surface area (Å²) in [5.74, 6) is 0.676. The highest BCUT2D eigenvalue weighted by molar-refractivity contribution is 9.10. The van der Waals surface area contributed by atoms with Gasteiger partial charge in [0.15, 0.2) is 0 Å². The van der Waals surface area contributed by atoms with Gasteiger partial charge in [-0.25, -0.2) is 0 Å². The fourth-order valence-corrected chi connectivity index (χ4v) is 3.65. The first-order valence-electron chi connectivity index (χ1n) is 7.21. The van der Waals surface area contributed by atoms with Crippen molar-refractivity contribution in [2.45, 2.75) is 32.2 Å². The zero-order valence-corrected chi connectivity index (χ0v) is 13.2. The van der Waals surface area contributed by atoms with Crippen LogP contribution >= 0.6 is 15.9 Å². The first-order chi connectivity index (χ1) is 9.56. The van der Waals surface area contributed by atoms with Crippen molar-refractivity contribution in [3.8, 4) is 0 Å². The minimum atomic E-state index is -0.542. The number of hydrogen-bond acceptors (Lipinski definition) is 3. The van der Waals surface area contributed by atoms with Gasteiger partial charge in [-0.2, -0.15) is 0 Å². The molecule has 1 amide bonds. The van der Waals surface area contributed by atoms with Gasteiger partial charge in [-0.1, -0.05) is 6.92 Å². The monoisotopic (exact) mass is 337 g/mol. The Kier molecular flexibility index (Phi) is 3.73. The number of hydrogen-bond donors (Lipinski definition) is 2. The topological polar surface area (TPSA) is 58.4 Å². The molecule has 0 aliphatic carbocycles. The normalized spacial score (nSPS) is 26.1. The van der Waals surface area contributed by atoms with Gasteiger partial charge >= 0.3 is 0 Å². The van der Waals surface area contributed by atoms with Crippen LogP contribution < -0.4 is 16.0 Å². The Morgan fingerprint density at radius 3 is 2.95 bits per heavy atom. The van der Waals surface area contributed by atoms with Crippen LogP contribution in [0.2, 0.25) is 0 Å². The summed E-state index contributed by atoms with van der Waals surface area (Å²) in [6, 6.07) is 3.50. The predicted molar refractivity (Wildman–Crippen MR) is 84.9 cm³/mol. The van der Waals surface area contributed by atoms with E-state index in [2.05, 4.69) is 39.1 Å². The molecule has 1 saturated heterocycles. The third-order valence-corrected chi connectivity index (χ3v) is 4.99. The molecular formula is C15H20BrN3O. The standard InChI is InChI=1S/C15H20BrN3O/c1-9-3-2-5-19(6-4-9)13-8-12-10(7-11(13)16)14(17)15(20)18-12/h7-9,14H,2-6,17H2,1H3,(H,18,20). The average molecular weight is 338 g/mol. The van der Waals surface area contributed by atoms with E-state index in [4.69, 9.17) is 5.73 Å². The molecule has 0 saturated carbocycles. The molecule has 4 nitrogen and oxygen atoms in total. The SMILES string of the molecule is CC1CCCN(c2cc3c(cc2Br)C(N)C(=O)N3)CC1. The highest BCUT2D eigenvalue weighted by Gasteiger charge is 2.29. The van der Waals surface area contributed by atoms with Gasteiger partial charge < -0.3 is 16.0 Å². The Hall–Kier alpha value is -1.07. The number of carbonyl (C=O) groups is 1. The van der Waals surface area contributed by atoms with Crippen LogP contribution in [-0.2, 0) is 4.79 Å². The van der Waals surface area contributed by atoms with Crippen LogP contribution in [0.5, 0.6) is 0 Å². The smallest absolute Gasteiger partial charge is 0.245 e. The summed E-state index contributed by atoms with van der Waals surface area (Å²) < 4.78 is 1.03. The lowest BCUT2D eigenvalue weighted by molar-refractivity contribution is -0.116. The lowest BCUT2D eigenvalue weighted by Gasteiger charge is -2.25. The summed E-state index contributed by atoms with van der Waals surface area (Å²) in [6.45, 7) is 4.46. The van der Waals surface area contributed by atoms with Crippen molar-refractivity contribution in [2.75, 3.05) is 23.3 Å². The highest BCUT2D eigenvalue weighted by Crippen LogP contribution is 2.39. The Labute approximate surface area is 127 Å². The number of anilines is 2. The van der Waals surface area contributed by atoms with Crippen LogP contribution in [0.15, 0.2) is 16.6 Å². The average Bonchev–Trinajstić information content (AvgIpc) is 2.60. The number of fused-ring (bicyclic) bond motifs is 1. The minimum Gasteiger partial charge on any atom is -0.371 e. The second kappa shape index (κ2) is 5.37. The van der Waals surface area contributed by atoms with Crippen molar-refractivity contribution < 1.29 is 4.79 Å². The molecule has 1 aromatic rings. The summed E-state index contributed by atoms with van der Waals surface area (Å²) in [6.07, 6.45) is 3.73. The van der Waals surface area contributed by atoms with E-state index in [1.165, 1.54) is 19.3 Å². The molecule has 2 aliphatic heterocycles. The van der Waals surface area contributed by atoms with Crippen LogP contribution in [0, 0.1) is 5.92 Å². The summed E-state index contributed by atoms with van der Waals surface area (Å²) in [4.78, 5) is 14.1. The van der Waals surface area contributed by atoms with Gasteiger partial charge in [-0.15, -0.1) is 0 Å². The largest absolute Gasteiger partial charge is 0.371 e. The molecule has 108 valence electrons. The fourth-order valence-electron chi connectivity index (χ4n) is 3.04. The maximum atomic E-state index is 11.7. The number of carbonyl (C=O) groups excluding carboxylic acids is 1.